The molecule has 0 bridgehead atoms. The van der Waals surface area contributed by atoms with Gasteiger partial charge in [-0.05, 0) is 12.0 Å². The summed E-state index contributed by atoms with van der Waals surface area (Å²) in [7, 11) is 0. The summed E-state index contributed by atoms with van der Waals surface area (Å²) in [5, 5.41) is 5.61. The number of H-pyrrole nitrogens is 1. The maximum Gasteiger partial charge on any atom is 0.270 e. The van der Waals surface area contributed by atoms with E-state index in [1.807, 2.05) is 38.1 Å². The Balaban J connectivity index is 1.82. The van der Waals surface area contributed by atoms with E-state index in [1.165, 1.54) is 11.3 Å². The highest BCUT2D eigenvalue weighted by Gasteiger charge is 2.19. The summed E-state index contributed by atoms with van der Waals surface area (Å²) in [6.07, 6.45) is 1.69. The molecule has 0 fully saturated rings. The minimum Gasteiger partial charge on any atom is -0.360 e. The molecular formula is C17H17N3O2S. The Morgan fingerprint density at radius 3 is 2.87 bits per heavy atom. The second-order valence-electron chi connectivity index (χ2n) is 5.72. The van der Waals surface area contributed by atoms with Crippen molar-refractivity contribution in [2.75, 3.05) is 6.54 Å². The lowest BCUT2D eigenvalue weighted by atomic mass is 10.1. The average Bonchev–Trinajstić information content (AvgIpc) is 3.19. The number of hydrogen-bond donors (Lipinski definition) is 2. The Hall–Kier alpha value is -2.47. The molecule has 0 saturated carbocycles. The first-order valence-corrected chi connectivity index (χ1v) is 8.28. The molecule has 6 heteroatoms. The molecule has 2 heterocycles. The molecule has 0 spiro atoms. The van der Waals surface area contributed by atoms with Gasteiger partial charge in [0.25, 0.3) is 5.91 Å². The van der Waals surface area contributed by atoms with Crippen LogP contribution in [-0.4, -0.2) is 28.2 Å². The van der Waals surface area contributed by atoms with Crippen molar-refractivity contribution in [3.05, 3.63) is 52.1 Å². The molecule has 118 valence electrons. The molecule has 0 aliphatic heterocycles. The fourth-order valence-electron chi connectivity index (χ4n) is 2.24. The second-order valence-corrected chi connectivity index (χ2v) is 6.58. The monoisotopic (exact) mass is 327 g/mol. The summed E-state index contributed by atoms with van der Waals surface area (Å²) in [5.74, 6) is -0.0480. The van der Waals surface area contributed by atoms with Crippen molar-refractivity contribution in [2.24, 2.45) is 5.92 Å². The second kappa shape index (κ2) is 6.34. The number of carbonyl (C=O) groups excluding carboxylic acids is 2. The van der Waals surface area contributed by atoms with E-state index in [2.05, 4.69) is 15.3 Å². The van der Waals surface area contributed by atoms with Gasteiger partial charge in [0.05, 0.1) is 5.56 Å². The Morgan fingerprint density at radius 2 is 2.09 bits per heavy atom. The van der Waals surface area contributed by atoms with Crippen LogP contribution >= 0.6 is 11.3 Å². The van der Waals surface area contributed by atoms with E-state index in [9.17, 15) is 9.59 Å². The SMILES string of the molecule is CC(C)CNC(=O)c1csc(C(=O)c2c[nH]c3ccccc23)n1. The van der Waals surface area contributed by atoms with Crippen molar-refractivity contribution in [1.82, 2.24) is 15.3 Å². The molecule has 0 atom stereocenters. The molecule has 5 nitrogen and oxygen atoms in total. The molecule has 0 radical (unpaired) electrons. The van der Waals surface area contributed by atoms with Crippen LogP contribution in [0.3, 0.4) is 0 Å². The molecular weight excluding hydrogens is 310 g/mol. The van der Waals surface area contributed by atoms with E-state index in [-0.39, 0.29) is 11.7 Å². The van der Waals surface area contributed by atoms with Crippen molar-refractivity contribution in [2.45, 2.75) is 13.8 Å². The summed E-state index contributed by atoms with van der Waals surface area (Å²) in [5.41, 5.74) is 1.77. The zero-order chi connectivity index (χ0) is 16.4. The number of amides is 1. The number of nitrogens with one attached hydrogen (secondary N) is 2. The number of carbonyl (C=O) groups is 2. The fourth-order valence-corrected chi connectivity index (χ4v) is 3.00. The molecule has 0 saturated heterocycles. The average molecular weight is 327 g/mol. The quantitative estimate of drug-likeness (QED) is 0.706. The summed E-state index contributed by atoms with van der Waals surface area (Å²) in [4.78, 5) is 31.9. The molecule has 0 unspecified atom stereocenters. The highest BCUT2D eigenvalue weighted by Crippen LogP contribution is 2.22. The van der Waals surface area contributed by atoms with Crippen molar-refractivity contribution in [1.29, 1.82) is 0 Å². The van der Waals surface area contributed by atoms with E-state index in [0.29, 0.717) is 28.7 Å². The van der Waals surface area contributed by atoms with Crippen LogP contribution in [0.4, 0.5) is 0 Å². The predicted molar refractivity (Wildman–Crippen MR) is 91.0 cm³/mol. The Morgan fingerprint density at radius 1 is 1.30 bits per heavy atom. The van der Waals surface area contributed by atoms with Gasteiger partial charge in [0.1, 0.15) is 5.69 Å². The number of hydrogen-bond acceptors (Lipinski definition) is 4. The Bertz CT molecular complexity index is 863. The topological polar surface area (TPSA) is 74.8 Å². The molecule has 23 heavy (non-hydrogen) atoms. The number of benzene rings is 1. The van der Waals surface area contributed by atoms with Gasteiger partial charge in [-0.15, -0.1) is 11.3 Å². The van der Waals surface area contributed by atoms with Gasteiger partial charge in [-0.3, -0.25) is 9.59 Å². The summed E-state index contributed by atoms with van der Waals surface area (Å²) >= 11 is 1.19. The van der Waals surface area contributed by atoms with Gasteiger partial charge in [-0.1, -0.05) is 32.0 Å². The molecule has 0 aliphatic carbocycles. The van der Waals surface area contributed by atoms with Crippen molar-refractivity contribution >= 4 is 33.9 Å². The zero-order valence-corrected chi connectivity index (χ0v) is 13.7. The Kier molecular flexibility index (Phi) is 4.25. The first-order valence-electron chi connectivity index (χ1n) is 7.41. The number of thiazole rings is 1. The van der Waals surface area contributed by atoms with Crippen LogP contribution in [0.25, 0.3) is 10.9 Å². The number of aromatic nitrogens is 2. The highest BCUT2D eigenvalue weighted by atomic mass is 32.1. The standard InChI is InChI=1S/C17H17N3O2S/c1-10(2)7-19-16(22)14-9-23-17(20-14)15(21)12-8-18-13-6-4-3-5-11(12)13/h3-6,8-10,18H,7H2,1-2H3,(H,19,22). The van der Waals surface area contributed by atoms with E-state index < -0.39 is 0 Å². The smallest absolute Gasteiger partial charge is 0.270 e. The molecule has 1 amide bonds. The summed E-state index contributed by atoms with van der Waals surface area (Å²) in [6, 6.07) is 7.61. The first-order chi connectivity index (χ1) is 11.1. The third-order valence-corrected chi connectivity index (χ3v) is 4.28. The van der Waals surface area contributed by atoms with Gasteiger partial charge in [-0.2, -0.15) is 0 Å². The summed E-state index contributed by atoms with van der Waals surface area (Å²) < 4.78 is 0. The molecule has 2 aromatic heterocycles. The van der Waals surface area contributed by atoms with E-state index in [1.54, 1.807) is 11.6 Å². The zero-order valence-electron chi connectivity index (χ0n) is 12.9. The number of aromatic amines is 1. The lowest BCUT2D eigenvalue weighted by Gasteiger charge is -2.05. The van der Waals surface area contributed by atoms with Crippen LogP contribution in [-0.2, 0) is 0 Å². The van der Waals surface area contributed by atoms with Crippen molar-refractivity contribution in [3.8, 4) is 0 Å². The molecule has 1 aromatic carbocycles. The number of nitrogens with zero attached hydrogens (tertiary/aromatic N) is 1. The third kappa shape index (κ3) is 3.17. The number of fused-ring (bicyclic) bond motifs is 1. The minimum atomic E-state index is -0.243. The van der Waals surface area contributed by atoms with Crippen LogP contribution in [0.5, 0.6) is 0 Å². The van der Waals surface area contributed by atoms with E-state index in [4.69, 9.17) is 0 Å². The number of para-hydroxylation sites is 1. The minimum absolute atomic E-state index is 0.171. The van der Waals surface area contributed by atoms with Gasteiger partial charge in [0.15, 0.2) is 5.01 Å². The molecule has 2 N–H and O–H groups in total. The van der Waals surface area contributed by atoms with Gasteiger partial charge < -0.3 is 10.3 Å². The van der Waals surface area contributed by atoms with Crippen LogP contribution < -0.4 is 5.32 Å². The maximum atomic E-state index is 12.6. The van der Waals surface area contributed by atoms with Crippen LogP contribution in [0, 0.1) is 5.92 Å². The van der Waals surface area contributed by atoms with Crippen LogP contribution in [0.2, 0.25) is 0 Å². The highest BCUT2D eigenvalue weighted by molar-refractivity contribution is 7.12. The van der Waals surface area contributed by atoms with Crippen LogP contribution in [0.1, 0.15) is 39.7 Å². The Labute approximate surface area is 137 Å². The molecule has 3 aromatic rings. The number of ketones is 1. The molecule has 3 rings (SSSR count). The van der Waals surface area contributed by atoms with E-state index in [0.717, 1.165) is 10.9 Å². The summed E-state index contributed by atoms with van der Waals surface area (Å²) in [6.45, 7) is 4.63. The van der Waals surface area contributed by atoms with Gasteiger partial charge in [0.2, 0.25) is 5.78 Å². The van der Waals surface area contributed by atoms with Gasteiger partial charge >= 0.3 is 0 Å². The largest absolute Gasteiger partial charge is 0.360 e. The van der Waals surface area contributed by atoms with E-state index >= 15 is 0 Å². The number of rotatable bonds is 5. The lowest BCUT2D eigenvalue weighted by Crippen LogP contribution is -2.27. The normalized spacial score (nSPS) is 11.1. The maximum absolute atomic E-state index is 12.6. The van der Waals surface area contributed by atoms with Crippen molar-refractivity contribution < 1.29 is 9.59 Å². The predicted octanol–water partition coefficient (Wildman–Crippen LogP) is 3.24. The molecule has 0 aliphatic rings. The third-order valence-electron chi connectivity index (χ3n) is 3.44. The lowest BCUT2D eigenvalue weighted by molar-refractivity contribution is 0.0944. The van der Waals surface area contributed by atoms with Crippen LogP contribution in [0.15, 0.2) is 35.8 Å². The first kappa shape index (κ1) is 15.4. The fraction of sp³-hybridized carbons (Fsp3) is 0.235. The van der Waals surface area contributed by atoms with Gasteiger partial charge in [0, 0.05) is 29.0 Å². The van der Waals surface area contributed by atoms with Gasteiger partial charge in [-0.25, -0.2) is 4.98 Å². The van der Waals surface area contributed by atoms with Crippen molar-refractivity contribution in [3.63, 3.8) is 0 Å².